The number of hydrogen-bond donors (Lipinski definition) is 0. The van der Waals surface area contributed by atoms with E-state index in [2.05, 4.69) is 0 Å². The fraction of sp³-hybridized carbons (Fsp3) is 0.360. The first-order valence-electron chi connectivity index (χ1n) is 10.9. The molecule has 34 heavy (non-hydrogen) atoms. The predicted octanol–water partition coefficient (Wildman–Crippen LogP) is 5.83. The number of alkyl halides is 3. The van der Waals surface area contributed by atoms with Crippen LogP contribution in [0.25, 0.3) is 10.9 Å². The van der Waals surface area contributed by atoms with Crippen molar-refractivity contribution >= 4 is 22.8 Å². The highest BCUT2D eigenvalue weighted by Crippen LogP contribution is 2.34. The van der Waals surface area contributed by atoms with Crippen molar-refractivity contribution < 1.29 is 36.6 Å². The van der Waals surface area contributed by atoms with Crippen LogP contribution in [0.1, 0.15) is 52.9 Å². The van der Waals surface area contributed by atoms with E-state index in [0.717, 1.165) is 56.0 Å². The number of aromatic nitrogens is 1. The first-order valence-corrected chi connectivity index (χ1v) is 10.9. The lowest BCUT2D eigenvalue weighted by molar-refractivity contribution is -0.147. The van der Waals surface area contributed by atoms with Crippen molar-refractivity contribution in [3.63, 3.8) is 0 Å². The molecule has 1 aliphatic rings. The highest BCUT2D eigenvalue weighted by molar-refractivity contribution is 6.05. The van der Waals surface area contributed by atoms with Gasteiger partial charge in [-0.15, -0.1) is 0 Å². The van der Waals surface area contributed by atoms with E-state index >= 15 is 0 Å². The number of carbonyl (C=O) groups is 2. The van der Waals surface area contributed by atoms with Crippen LogP contribution in [-0.4, -0.2) is 29.7 Å². The van der Waals surface area contributed by atoms with Gasteiger partial charge in [0, 0.05) is 22.7 Å². The Morgan fingerprint density at radius 2 is 1.74 bits per heavy atom. The molecule has 1 saturated carbocycles. The summed E-state index contributed by atoms with van der Waals surface area (Å²) < 4.78 is 65.1. The van der Waals surface area contributed by atoms with Crippen molar-refractivity contribution in [2.45, 2.75) is 51.3 Å². The number of halogens is 4. The summed E-state index contributed by atoms with van der Waals surface area (Å²) in [6.45, 7) is 1.60. The zero-order valence-electron chi connectivity index (χ0n) is 18.7. The quantitative estimate of drug-likeness (QED) is 0.343. The Bertz CT molecular complexity index is 1240. The van der Waals surface area contributed by atoms with Crippen molar-refractivity contribution in [3.05, 3.63) is 64.6 Å². The molecule has 5 nitrogen and oxygen atoms in total. The second-order valence-corrected chi connectivity index (χ2v) is 8.36. The molecule has 0 amide bonds. The van der Waals surface area contributed by atoms with Crippen molar-refractivity contribution in [3.8, 4) is 5.75 Å². The minimum Gasteiger partial charge on any atom is -0.494 e. The number of carbonyl (C=O) groups excluding carboxylic acids is 2. The molecule has 9 heteroatoms. The lowest BCUT2D eigenvalue weighted by atomic mass is 10.1. The summed E-state index contributed by atoms with van der Waals surface area (Å²) in [6.07, 6.45) is -1.22. The van der Waals surface area contributed by atoms with Crippen molar-refractivity contribution in [1.82, 2.24) is 4.57 Å². The van der Waals surface area contributed by atoms with E-state index in [0.29, 0.717) is 16.6 Å². The fourth-order valence-electron chi connectivity index (χ4n) is 4.43. The average molecular weight is 477 g/mol. The third kappa shape index (κ3) is 4.51. The zero-order valence-corrected chi connectivity index (χ0v) is 18.7. The molecule has 2 aromatic carbocycles. The molecule has 1 fully saturated rings. The number of hydrogen-bond acceptors (Lipinski definition) is 4. The van der Waals surface area contributed by atoms with E-state index in [1.165, 1.54) is 17.7 Å². The molecule has 0 unspecified atom stereocenters. The first-order chi connectivity index (χ1) is 16.1. The SMILES string of the molecule is COc1cc2c(CC(=O)OC3CCCC3)c(C)n(C(=O)c3ccc(C(F)(F)F)cc3)c2cc1F. The summed E-state index contributed by atoms with van der Waals surface area (Å²) in [5, 5.41) is 0.430. The Morgan fingerprint density at radius 1 is 1.09 bits per heavy atom. The molecule has 0 saturated heterocycles. The molecule has 0 atom stereocenters. The van der Waals surface area contributed by atoms with Crippen LogP contribution in [-0.2, 0) is 22.1 Å². The number of rotatable bonds is 5. The van der Waals surface area contributed by atoms with Gasteiger partial charge < -0.3 is 9.47 Å². The highest BCUT2D eigenvalue weighted by Gasteiger charge is 2.31. The third-order valence-electron chi connectivity index (χ3n) is 6.19. The summed E-state index contributed by atoms with van der Waals surface area (Å²) in [5.74, 6) is -1.87. The minimum absolute atomic E-state index is 0.00990. The maximum atomic E-state index is 14.6. The summed E-state index contributed by atoms with van der Waals surface area (Å²) >= 11 is 0. The number of ether oxygens (including phenoxy) is 2. The van der Waals surface area contributed by atoms with Gasteiger partial charge in [0.25, 0.3) is 5.91 Å². The van der Waals surface area contributed by atoms with Gasteiger partial charge >= 0.3 is 12.1 Å². The monoisotopic (exact) mass is 477 g/mol. The summed E-state index contributed by atoms with van der Waals surface area (Å²) in [5.41, 5.74) is 0.130. The summed E-state index contributed by atoms with van der Waals surface area (Å²) in [4.78, 5) is 25.9. The van der Waals surface area contributed by atoms with Crippen LogP contribution in [0, 0.1) is 12.7 Å². The van der Waals surface area contributed by atoms with Gasteiger partial charge in [0.1, 0.15) is 6.10 Å². The molecule has 0 aliphatic heterocycles. The normalized spacial score (nSPS) is 14.5. The van der Waals surface area contributed by atoms with Crippen molar-refractivity contribution in [2.24, 2.45) is 0 Å². The zero-order chi connectivity index (χ0) is 24.6. The topological polar surface area (TPSA) is 57.5 Å². The number of benzene rings is 2. The Labute approximate surface area is 193 Å². The molecular formula is C25H23F4NO4. The van der Waals surface area contributed by atoms with Gasteiger partial charge in [-0.1, -0.05) is 0 Å². The van der Waals surface area contributed by atoms with E-state index < -0.39 is 29.4 Å². The lowest BCUT2D eigenvalue weighted by Gasteiger charge is -2.12. The summed E-state index contributed by atoms with van der Waals surface area (Å²) in [6, 6.07) is 6.31. The lowest BCUT2D eigenvalue weighted by Crippen LogP contribution is -2.18. The second-order valence-electron chi connectivity index (χ2n) is 8.36. The number of nitrogens with zero attached hydrogens (tertiary/aromatic N) is 1. The molecule has 180 valence electrons. The molecule has 0 radical (unpaired) electrons. The third-order valence-corrected chi connectivity index (χ3v) is 6.19. The van der Waals surface area contributed by atoms with Gasteiger partial charge in [-0.25, -0.2) is 4.39 Å². The first kappa shape index (κ1) is 23.8. The molecule has 0 spiro atoms. The van der Waals surface area contributed by atoms with Crippen LogP contribution in [0.5, 0.6) is 5.75 Å². The average Bonchev–Trinajstić information content (AvgIpc) is 3.38. The minimum atomic E-state index is -4.54. The van der Waals surface area contributed by atoms with Crippen molar-refractivity contribution in [1.29, 1.82) is 0 Å². The second kappa shape index (κ2) is 9.12. The van der Waals surface area contributed by atoms with Gasteiger partial charge in [-0.2, -0.15) is 13.2 Å². The van der Waals surface area contributed by atoms with Crippen LogP contribution in [0.2, 0.25) is 0 Å². The number of methoxy groups -OCH3 is 1. The van der Waals surface area contributed by atoms with Gasteiger partial charge in [-0.3, -0.25) is 14.2 Å². The van der Waals surface area contributed by atoms with E-state index in [1.54, 1.807) is 6.92 Å². The molecule has 1 heterocycles. The maximum absolute atomic E-state index is 14.6. The van der Waals surface area contributed by atoms with Crippen molar-refractivity contribution in [2.75, 3.05) is 7.11 Å². The van der Waals surface area contributed by atoms with E-state index in [1.807, 2.05) is 0 Å². The van der Waals surface area contributed by atoms with Crippen LogP contribution >= 0.6 is 0 Å². The molecule has 1 aliphatic carbocycles. The largest absolute Gasteiger partial charge is 0.494 e. The number of fused-ring (bicyclic) bond motifs is 1. The maximum Gasteiger partial charge on any atom is 0.416 e. The van der Waals surface area contributed by atoms with Gasteiger partial charge in [0.2, 0.25) is 0 Å². The van der Waals surface area contributed by atoms with E-state index in [-0.39, 0.29) is 29.4 Å². The fourth-order valence-corrected chi connectivity index (χ4v) is 4.43. The van der Waals surface area contributed by atoms with Crippen LogP contribution in [0.3, 0.4) is 0 Å². The smallest absolute Gasteiger partial charge is 0.416 e. The molecule has 4 rings (SSSR count). The van der Waals surface area contributed by atoms with Crippen LogP contribution in [0.4, 0.5) is 17.6 Å². The Hall–Kier alpha value is -3.36. The Kier molecular flexibility index (Phi) is 6.38. The molecule has 3 aromatic rings. The van der Waals surface area contributed by atoms with E-state index in [9.17, 15) is 27.2 Å². The molecule has 1 aromatic heterocycles. The molecular weight excluding hydrogens is 454 g/mol. The molecule has 0 N–H and O–H groups in total. The van der Waals surface area contributed by atoms with Gasteiger partial charge in [-0.05, 0) is 68.5 Å². The van der Waals surface area contributed by atoms with Gasteiger partial charge in [0.05, 0.1) is 24.6 Å². The Balaban J connectivity index is 1.76. The Morgan fingerprint density at radius 3 is 2.32 bits per heavy atom. The number of esters is 1. The van der Waals surface area contributed by atoms with E-state index in [4.69, 9.17) is 9.47 Å². The highest BCUT2D eigenvalue weighted by atomic mass is 19.4. The molecule has 0 bridgehead atoms. The summed E-state index contributed by atoms with van der Waals surface area (Å²) in [7, 11) is 1.30. The van der Waals surface area contributed by atoms with Gasteiger partial charge in [0.15, 0.2) is 11.6 Å². The predicted molar refractivity (Wildman–Crippen MR) is 116 cm³/mol. The van der Waals surface area contributed by atoms with Crippen LogP contribution < -0.4 is 4.74 Å². The van der Waals surface area contributed by atoms with Crippen LogP contribution in [0.15, 0.2) is 36.4 Å². The standard InChI is InChI=1S/C25H23F4NO4/c1-14-18(12-23(31)34-17-5-3-4-6-17)19-11-22(33-2)20(26)13-21(19)30(14)24(32)15-7-9-16(10-8-15)25(27,28)29/h7-11,13,17H,3-6,12H2,1-2H3.